The number of hydrogen-bond acceptors (Lipinski definition) is 3. The van der Waals surface area contributed by atoms with Gasteiger partial charge in [-0.25, -0.2) is 4.79 Å². The van der Waals surface area contributed by atoms with Crippen LogP contribution in [0, 0.1) is 5.92 Å². The van der Waals surface area contributed by atoms with Crippen molar-refractivity contribution in [3.05, 3.63) is 35.4 Å². The van der Waals surface area contributed by atoms with E-state index in [0.717, 1.165) is 37.2 Å². The molecule has 1 saturated carbocycles. The third-order valence-corrected chi connectivity index (χ3v) is 5.36. The van der Waals surface area contributed by atoms with Crippen molar-refractivity contribution in [2.45, 2.75) is 64.0 Å². The fourth-order valence-corrected chi connectivity index (χ4v) is 3.59. The Labute approximate surface area is 137 Å². The molecule has 4 nitrogen and oxygen atoms in total. The molecule has 124 valence electrons. The zero-order chi connectivity index (χ0) is 16.7. The minimum Gasteiger partial charge on any atom is -0.445 e. The number of rotatable bonds is 2. The molecular weight excluding hydrogens is 290 g/mol. The van der Waals surface area contributed by atoms with Gasteiger partial charge in [-0.1, -0.05) is 25.1 Å². The molecule has 1 atom stereocenters. The maximum absolute atomic E-state index is 12.8. The number of hydrogen-bond donors (Lipinski definition) is 1. The van der Waals surface area contributed by atoms with Crippen LogP contribution in [0.25, 0.3) is 0 Å². The zero-order valence-corrected chi connectivity index (χ0v) is 14.1. The molecular formula is C19H25NO3. The maximum Gasteiger partial charge on any atom is 0.339 e. The minimum atomic E-state index is -1.13. The van der Waals surface area contributed by atoms with E-state index in [-0.39, 0.29) is 11.4 Å². The number of amides is 1. The topological polar surface area (TPSA) is 55.4 Å². The second-order valence-corrected chi connectivity index (χ2v) is 7.65. The first kappa shape index (κ1) is 16.0. The molecule has 0 saturated heterocycles. The first-order chi connectivity index (χ1) is 10.8. The second-order valence-electron chi connectivity index (χ2n) is 7.65. The zero-order valence-electron chi connectivity index (χ0n) is 14.1. The molecule has 1 aliphatic carbocycles. The van der Waals surface area contributed by atoms with Crippen molar-refractivity contribution in [3.63, 3.8) is 0 Å². The van der Waals surface area contributed by atoms with Gasteiger partial charge >= 0.3 is 5.97 Å². The predicted octanol–water partition coefficient (Wildman–Crippen LogP) is 3.24. The average Bonchev–Trinajstić information content (AvgIpc) is 2.50. The predicted molar refractivity (Wildman–Crippen MR) is 88.1 cm³/mol. The number of ether oxygens (including phenoxy) is 1. The lowest BCUT2D eigenvalue weighted by Crippen LogP contribution is -2.58. The summed E-state index contributed by atoms with van der Waals surface area (Å²) in [7, 11) is 0. The van der Waals surface area contributed by atoms with Crippen LogP contribution < -0.4 is 5.32 Å². The minimum absolute atomic E-state index is 0.183. The van der Waals surface area contributed by atoms with Gasteiger partial charge in [0.15, 0.2) is 5.60 Å². The van der Waals surface area contributed by atoms with E-state index in [2.05, 4.69) is 19.2 Å². The maximum atomic E-state index is 12.8. The van der Waals surface area contributed by atoms with Gasteiger partial charge in [-0.3, -0.25) is 4.79 Å². The highest BCUT2D eigenvalue weighted by atomic mass is 16.6. The van der Waals surface area contributed by atoms with Crippen molar-refractivity contribution < 1.29 is 14.3 Å². The number of carbonyl (C=O) groups excluding carboxylic acids is 2. The number of cyclic esters (lactones) is 1. The van der Waals surface area contributed by atoms with Crippen LogP contribution in [-0.4, -0.2) is 23.0 Å². The van der Waals surface area contributed by atoms with Crippen LogP contribution in [0.3, 0.4) is 0 Å². The molecule has 1 N–H and O–H groups in total. The molecule has 1 unspecified atom stereocenters. The lowest BCUT2D eigenvalue weighted by atomic mass is 9.77. The lowest BCUT2D eigenvalue weighted by molar-refractivity contribution is -0.142. The summed E-state index contributed by atoms with van der Waals surface area (Å²) >= 11 is 0. The second kappa shape index (κ2) is 5.66. The highest BCUT2D eigenvalue weighted by Crippen LogP contribution is 2.33. The molecule has 1 aromatic rings. The molecule has 1 fully saturated rings. The molecule has 0 spiro atoms. The SMILES string of the molecule is CC1CCC(C)(NC(=O)C2(C)Cc3ccccc3C(=O)O2)CC1. The molecule has 0 radical (unpaired) electrons. The van der Waals surface area contributed by atoms with E-state index in [9.17, 15) is 9.59 Å². The Kier molecular flexibility index (Phi) is 3.95. The van der Waals surface area contributed by atoms with E-state index in [0.29, 0.717) is 12.0 Å². The van der Waals surface area contributed by atoms with Crippen molar-refractivity contribution in [2.24, 2.45) is 5.92 Å². The van der Waals surface area contributed by atoms with Gasteiger partial charge in [0.2, 0.25) is 0 Å². The highest BCUT2D eigenvalue weighted by molar-refractivity contribution is 5.97. The summed E-state index contributed by atoms with van der Waals surface area (Å²) in [6.07, 6.45) is 4.61. The van der Waals surface area contributed by atoms with Crippen molar-refractivity contribution in [1.29, 1.82) is 0 Å². The Bertz CT molecular complexity index is 631. The van der Waals surface area contributed by atoms with Gasteiger partial charge in [0.05, 0.1) is 5.56 Å². The monoisotopic (exact) mass is 315 g/mol. The number of fused-ring (bicyclic) bond motifs is 1. The van der Waals surface area contributed by atoms with Crippen LogP contribution in [0.4, 0.5) is 0 Å². The number of nitrogens with one attached hydrogen (secondary N) is 1. The lowest BCUT2D eigenvalue weighted by Gasteiger charge is -2.41. The van der Waals surface area contributed by atoms with Crippen LogP contribution in [0.5, 0.6) is 0 Å². The van der Waals surface area contributed by atoms with Gasteiger partial charge in [-0.05, 0) is 57.1 Å². The van der Waals surface area contributed by atoms with Gasteiger partial charge in [-0.2, -0.15) is 0 Å². The summed E-state index contributed by atoms with van der Waals surface area (Å²) in [5.41, 5.74) is 0.118. The van der Waals surface area contributed by atoms with Crippen molar-refractivity contribution in [3.8, 4) is 0 Å². The number of benzene rings is 1. The molecule has 2 aliphatic rings. The smallest absolute Gasteiger partial charge is 0.339 e. The third kappa shape index (κ3) is 3.12. The van der Waals surface area contributed by atoms with Gasteiger partial charge in [-0.15, -0.1) is 0 Å². The van der Waals surface area contributed by atoms with Crippen molar-refractivity contribution in [1.82, 2.24) is 5.32 Å². The van der Waals surface area contributed by atoms with Crippen LogP contribution in [0.2, 0.25) is 0 Å². The first-order valence-electron chi connectivity index (χ1n) is 8.45. The fourth-order valence-electron chi connectivity index (χ4n) is 3.59. The average molecular weight is 315 g/mol. The summed E-state index contributed by atoms with van der Waals surface area (Å²) in [5, 5.41) is 3.16. The quantitative estimate of drug-likeness (QED) is 0.852. The van der Waals surface area contributed by atoms with Crippen LogP contribution >= 0.6 is 0 Å². The van der Waals surface area contributed by atoms with Gasteiger partial charge < -0.3 is 10.1 Å². The van der Waals surface area contributed by atoms with E-state index in [1.165, 1.54) is 0 Å². The molecule has 0 aromatic heterocycles. The largest absolute Gasteiger partial charge is 0.445 e. The van der Waals surface area contributed by atoms with Crippen molar-refractivity contribution in [2.75, 3.05) is 0 Å². The Morgan fingerprint density at radius 2 is 1.87 bits per heavy atom. The standard InChI is InChI=1S/C19H25NO3/c1-13-8-10-18(2,11-9-13)20-17(22)19(3)12-14-6-4-5-7-15(14)16(21)23-19/h4-7,13H,8-12H2,1-3H3,(H,20,22). The molecule has 1 aliphatic heterocycles. The van der Waals surface area contributed by atoms with E-state index in [1.54, 1.807) is 13.0 Å². The van der Waals surface area contributed by atoms with E-state index >= 15 is 0 Å². The van der Waals surface area contributed by atoms with E-state index in [1.807, 2.05) is 18.2 Å². The molecule has 3 rings (SSSR count). The molecule has 1 heterocycles. The molecule has 1 aromatic carbocycles. The Balaban J connectivity index is 1.76. The summed E-state index contributed by atoms with van der Waals surface area (Å²) < 4.78 is 5.52. The Morgan fingerprint density at radius 1 is 1.22 bits per heavy atom. The number of carbonyl (C=O) groups is 2. The Hall–Kier alpha value is -1.84. The van der Waals surface area contributed by atoms with E-state index in [4.69, 9.17) is 4.74 Å². The summed E-state index contributed by atoms with van der Waals surface area (Å²) in [5.74, 6) is 0.124. The van der Waals surface area contributed by atoms with Crippen LogP contribution in [-0.2, 0) is 16.0 Å². The molecule has 4 heteroatoms. The Morgan fingerprint density at radius 3 is 2.57 bits per heavy atom. The fraction of sp³-hybridized carbons (Fsp3) is 0.579. The van der Waals surface area contributed by atoms with Gasteiger partial charge in [0.1, 0.15) is 0 Å². The summed E-state index contributed by atoms with van der Waals surface area (Å²) in [6.45, 7) is 6.06. The summed E-state index contributed by atoms with van der Waals surface area (Å²) in [6, 6.07) is 7.34. The molecule has 1 amide bonds. The van der Waals surface area contributed by atoms with E-state index < -0.39 is 11.6 Å². The molecule has 0 bridgehead atoms. The summed E-state index contributed by atoms with van der Waals surface area (Å²) in [4.78, 5) is 25.1. The first-order valence-corrected chi connectivity index (χ1v) is 8.45. The van der Waals surface area contributed by atoms with Crippen LogP contribution in [0.1, 0.15) is 62.4 Å². The van der Waals surface area contributed by atoms with Gasteiger partial charge in [0.25, 0.3) is 5.91 Å². The van der Waals surface area contributed by atoms with Crippen LogP contribution in [0.15, 0.2) is 24.3 Å². The number of esters is 1. The third-order valence-electron chi connectivity index (χ3n) is 5.36. The van der Waals surface area contributed by atoms with Crippen molar-refractivity contribution >= 4 is 11.9 Å². The normalized spacial score (nSPS) is 33.5. The molecule has 23 heavy (non-hydrogen) atoms. The highest BCUT2D eigenvalue weighted by Gasteiger charge is 2.45. The van der Waals surface area contributed by atoms with Gasteiger partial charge in [0, 0.05) is 12.0 Å².